The van der Waals surface area contributed by atoms with Crippen LogP contribution in [0, 0.1) is 5.41 Å². The fourth-order valence-electron chi connectivity index (χ4n) is 0.836. The second-order valence-corrected chi connectivity index (χ2v) is 5.41. The van der Waals surface area contributed by atoms with Gasteiger partial charge in [0, 0.05) is 32.3 Å². The zero-order valence-corrected chi connectivity index (χ0v) is 11.9. The molecule has 1 aliphatic rings. The highest BCUT2D eigenvalue weighted by molar-refractivity contribution is 8.13. The summed E-state index contributed by atoms with van der Waals surface area (Å²) in [5, 5.41) is 15.9. The molecule has 8 heteroatoms. The van der Waals surface area contributed by atoms with Crippen molar-refractivity contribution in [3.8, 4) is 0 Å². The van der Waals surface area contributed by atoms with Crippen LogP contribution in [0.15, 0.2) is 0 Å². The van der Waals surface area contributed by atoms with E-state index in [0.29, 0.717) is 18.3 Å². The Labute approximate surface area is 110 Å². The third-order valence-corrected chi connectivity index (χ3v) is 3.39. The van der Waals surface area contributed by atoms with Crippen LogP contribution >= 0.6 is 23.9 Å². The number of ether oxygens (including phenoxy) is 1. The molecule has 2 N–H and O–H groups in total. The Morgan fingerprint density at radius 3 is 2.29 bits per heavy atom. The summed E-state index contributed by atoms with van der Waals surface area (Å²) in [7, 11) is 1.53. The molecule has 0 aliphatic carbocycles. The van der Waals surface area contributed by atoms with Crippen LogP contribution in [0.3, 0.4) is 0 Å². The van der Waals surface area contributed by atoms with Gasteiger partial charge in [0.25, 0.3) is 0 Å². The van der Waals surface area contributed by atoms with E-state index in [1.165, 1.54) is 35.2 Å². The van der Waals surface area contributed by atoms with Gasteiger partial charge in [0.2, 0.25) is 0 Å². The molecule has 1 fully saturated rings. The topological polar surface area (TPSA) is 76.9 Å². The van der Waals surface area contributed by atoms with E-state index in [0.717, 1.165) is 13.1 Å². The summed E-state index contributed by atoms with van der Waals surface area (Å²) < 4.78 is 8.28. The van der Waals surface area contributed by atoms with E-state index < -0.39 is 6.09 Å². The lowest BCUT2D eigenvalue weighted by molar-refractivity contribution is 0.0759. The SMILES string of the molecule is CN(SN1CCOCC1)C(=O)O.CSC(C)=N. The van der Waals surface area contributed by atoms with Crippen LogP contribution < -0.4 is 0 Å². The van der Waals surface area contributed by atoms with E-state index in [4.69, 9.17) is 15.3 Å². The first-order valence-corrected chi connectivity index (χ1v) is 6.99. The summed E-state index contributed by atoms with van der Waals surface area (Å²) in [5.74, 6) is 0. The van der Waals surface area contributed by atoms with Crippen LogP contribution in [-0.2, 0) is 4.74 Å². The molecule has 0 atom stereocenters. The maximum Gasteiger partial charge on any atom is 0.418 e. The van der Waals surface area contributed by atoms with Gasteiger partial charge in [0.05, 0.1) is 18.3 Å². The molecular weight excluding hydrogens is 262 g/mol. The lowest BCUT2D eigenvalue weighted by atomic mass is 10.5. The maximum atomic E-state index is 10.4. The van der Waals surface area contributed by atoms with Gasteiger partial charge in [-0.3, -0.25) is 5.41 Å². The third-order valence-electron chi connectivity index (χ3n) is 1.78. The summed E-state index contributed by atoms with van der Waals surface area (Å²) in [4.78, 5) is 10.4. The van der Waals surface area contributed by atoms with Gasteiger partial charge in [-0.2, -0.15) is 0 Å². The van der Waals surface area contributed by atoms with E-state index >= 15 is 0 Å². The maximum absolute atomic E-state index is 10.4. The third kappa shape index (κ3) is 9.28. The van der Waals surface area contributed by atoms with E-state index in [2.05, 4.69) is 0 Å². The van der Waals surface area contributed by atoms with Gasteiger partial charge in [-0.15, -0.1) is 11.8 Å². The number of hydrogen-bond donors (Lipinski definition) is 2. The van der Waals surface area contributed by atoms with Crippen molar-refractivity contribution in [2.24, 2.45) is 0 Å². The van der Waals surface area contributed by atoms with Crippen molar-refractivity contribution in [2.75, 3.05) is 39.6 Å². The van der Waals surface area contributed by atoms with Gasteiger partial charge in [0.15, 0.2) is 0 Å². The largest absolute Gasteiger partial charge is 0.464 e. The number of thioether (sulfide) groups is 1. The molecule has 17 heavy (non-hydrogen) atoms. The van der Waals surface area contributed by atoms with Gasteiger partial charge in [-0.25, -0.2) is 13.4 Å². The highest BCUT2D eigenvalue weighted by Crippen LogP contribution is 2.15. The van der Waals surface area contributed by atoms with Crippen LogP contribution in [0.5, 0.6) is 0 Å². The standard InChI is InChI=1S/C6H12N2O3S.C3H7NS/c1-7(6(9)10)12-8-2-4-11-5-3-8;1-3(4)5-2/h2-5H2,1H3,(H,9,10);4H,1-2H3. The fourth-order valence-corrected chi connectivity index (χ4v) is 1.57. The molecule has 1 rings (SSSR count). The molecule has 1 saturated heterocycles. The smallest absolute Gasteiger partial charge is 0.418 e. The molecule has 0 aromatic heterocycles. The van der Waals surface area contributed by atoms with Crippen LogP contribution in [0.25, 0.3) is 0 Å². The Kier molecular flexibility index (Phi) is 9.33. The molecule has 0 aromatic carbocycles. The zero-order valence-electron chi connectivity index (χ0n) is 10.3. The highest BCUT2D eigenvalue weighted by atomic mass is 32.2. The van der Waals surface area contributed by atoms with Crippen molar-refractivity contribution in [3.63, 3.8) is 0 Å². The molecule has 0 spiro atoms. The molecule has 0 aromatic rings. The van der Waals surface area contributed by atoms with Crippen molar-refractivity contribution in [1.29, 1.82) is 5.41 Å². The second kappa shape index (κ2) is 9.58. The summed E-state index contributed by atoms with van der Waals surface area (Å²) in [5.41, 5.74) is 0. The van der Waals surface area contributed by atoms with Crippen molar-refractivity contribution >= 4 is 35.0 Å². The predicted molar refractivity (Wildman–Crippen MR) is 72.7 cm³/mol. The normalized spacial score (nSPS) is 15.7. The minimum atomic E-state index is -0.925. The number of morpholine rings is 1. The quantitative estimate of drug-likeness (QED) is 0.457. The van der Waals surface area contributed by atoms with Crippen LogP contribution in [-0.4, -0.2) is 64.5 Å². The molecule has 6 nitrogen and oxygen atoms in total. The van der Waals surface area contributed by atoms with Crippen LogP contribution in [0.1, 0.15) is 6.92 Å². The minimum absolute atomic E-state index is 0.671. The van der Waals surface area contributed by atoms with E-state index in [9.17, 15) is 4.79 Å². The lowest BCUT2D eigenvalue weighted by Crippen LogP contribution is -2.35. The first kappa shape index (κ1) is 16.6. The summed E-state index contributed by atoms with van der Waals surface area (Å²) in [6.07, 6.45) is 0.967. The lowest BCUT2D eigenvalue weighted by Gasteiger charge is -2.27. The molecule has 100 valence electrons. The molecular formula is C9H19N3O3S2. The average Bonchev–Trinajstić information content (AvgIpc) is 2.31. The molecule has 0 saturated carbocycles. The Balaban J connectivity index is 0.000000437. The number of carboxylic acid groups (broad SMARTS) is 1. The van der Waals surface area contributed by atoms with Crippen molar-refractivity contribution in [1.82, 2.24) is 8.61 Å². The summed E-state index contributed by atoms with van der Waals surface area (Å²) in [6, 6.07) is 0. The Hall–Kier alpha value is -0.440. The number of amides is 1. The molecule has 1 amide bonds. The second-order valence-electron chi connectivity index (χ2n) is 3.16. The van der Waals surface area contributed by atoms with Crippen LogP contribution in [0.4, 0.5) is 4.79 Å². The summed E-state index contributed by atoms with van der Waals surface area (Å²) >= 11 is 2.68. The van der Waals surface area contributed by atoms with Crippen molar-refractivity contribution < 1.29 is 14.6 Å². The number of nitrogens with zero attached hydrogens (tertiary/aromatic N) is 2. The number of rotatable bonds is 2. The highest BCUT2D eigenvalue weighted by Gasteiger charge is 2.15. The van der Waals surface area contributed by atoms with Gasteiger partial charge in [0.1, 0.15) is 0 Å². The minimum Gasteiger partial charge on any atom is -0.464 e. The molecule has 0 unspecified atom stereocenters. The zero-order chi connectivity index (χ0) is 13.3. The predicted octanol–water partition coefficient (Wildman–Crippen LogP) is 1.84. The molecule has 0 radical (unpaired) electrons. The molecule has 1 heterocycles. The van der Waals surface area contributed by atoms with Gasteiger partial charge < -0.3 is 9.84 Å². The van der Waals surface area contributed by atoms with E-state index in [-0.39, 0.29) is 0 Å². The van der Waals surface area contributed by atoms with Crippen LogP contribution in [0.2, 0.25) is 0 Å². The summed E-state index contributed by atoms with van der Waals surface area (Å²) in [6.45, 7) is 4.69. The van der Waals surface area contributed by atoms with Crippen molar-refractivity contribution in [2.45, 2.75) is 6.92 Å². The molecule has 1 aliphatic heterocycles. The van der Waals surface area contributed by atoms with Crippen molar-refractivity contribution in [3.05, 3.63) is 0 Å². The Morgan fingerprint density at radius 1 is 1.47 bits per heavy atom. The Morgan fingerprint density at radius 2 is 1.94 bits per heavy atom. The fraction of sp³-hybridized carbons (Fsp3) is 0.778. The monoisotopic (exact) mass is 281 g/mol. The average molecular weight is 281 g/mol. The number of hydrogen-bond acceptors (Lipinski definition) is 6. The molecule has 0 bridgehead atoms. The van der Waals surface area contributed by atoms with E-state index in [1.54, 1.807) is 6.92 Å². The first-order chi connectivity index (χ1) is 7.97. The Bertz CT molecular complexity index is 248. The van der Waals surface area contributed by atoms with Gasteiger partial charge in [-0.05, 0) is 13.2 Å². The first-order valence-electron chi connectivity index (χ1n) is 5.04. The number of carbonyl (C=O) groups is 1. The van der Waals surface area contributed by atoms with Gasteiger partial charge >= 0.3 is 6.09 Å². The number of nitrogens with one attached hydrogen (secondary N) is 1. The van der Waals surface area contributed by atoms with E-state index in [1.807, 2.05) is 10.6 Å². The van der Waals surface area contributed by atoms with Gasteiger partial charge in [-0.1, -0.05) is 0 Å².